The zero-order valence-corrected chi connectivity index (χ0v) is 14.0. The molecule has 0 aromatic heterocycles. The quantitative estimate of drug-likeness (QED) is 0.812. The van der Waals surface area contributed by atoms with Gasteiger partial charge in [0.05, 0.1) is 5.56 Å². The van der Waals surface area contributed by atoms with E-state index in [9.17, 15) is 14.4 Å². The SMILES string of the molecule is CCNC(=O)NC(=O)COC(=O)c1ccc(C2CCCCC2)cc1. The Bertz CT molecular complexity index is 577. The maximum atomic E-state index is 11.9. The van der Waals surface area contributed by atoms with Gasteiger partial charge in [0.2, 0.25) is 0 Å². The summed E-state index contributed by atoms with van der Waals surface area (Å²) in [6.45, 7) is 1.66. The third kappa shape index (κ3) is 5.37. The number of carbonyl (C=O) groups excluding carboxylic acids is 3. The third-order valence-corrected chi connectivity index (χ3v) is 4.15. The topological polar surface area (TPSA) is 84.5 Å². The van der Waals surface area contributed by atoms with Gasteiger partial charge in [-0.25, -0.2) is 9.59 Å². The van der Waals surface area contributed by atoms with E-state index in [1.165, 1.54) is 37.7 Å². The number of rotatable bonds is 5. The molecule has 0 aliphatic heterocycles. The molecule has 0 bridgehead atoms. The Kier molecular flexibility index (Phi) is 6.78. The zero-order chi connectivity index (χ0) is 17.4. The minimum atomic E-state index is -0.659. The van der Waals surface area contributed by atoms with E-state index in [0.717, 1.165) is 0 Å². The fraction of sp³-hybridized carbons (Fsp3) is 0.500. The van der Waals surface area contributed by atoms with Crippen LogP contribution in [0.4, 0.5) is 4.79 Å². The van der Waals surface area contributed by atoms with Gasteiger partial charge in [0, 0.05) is 6.54 Å². The highest BCUT2D eigenvalue weighted by molar-refractivity contribution is 5.96. The van der Waals surface area contributed by atoms with Crippen molar-refractivity contribution < 1.29 is 19.1 Å². The van der Waals surface area contributed by atoms with Crippen molar-refractivity contribution in [1.29, 1.82) is 0 Å². The molecule has 24 heavy (non-hydrogen) atoms. The summed E-state index contributed by atoms with van der Waals surface area (Å²) in [5.41, 5.74) is 1.65. The van der Waals surface area contributed by atoms with Crippen LogP contribution in [0.15, 0.2) is 24.3 Å². The van der Waals surface area contributed by atoms with Gasteiger partial charge >= 0.3 is 12.0 Å². The van der Waals surface area contributed by atoms with Crippen molar-refractivity contribution in [3.63, 3.8) is 0 Å². The Morgan fingerprint density at radius 3 is 2.38 bits per heavy atom. The molecule has 1 aliphatic carbocycles. The molecule has 0 saturated heterocycles. The fourth-order valence-corrected chi connectivity index (χ4v) is 2.91. The van der Waals surface area contributed by atoms with Gasteiger partial charge in [0.15, 0.2) is 6.61 Å². The second kappa shape index (κ2) is 9.05. The predicted octanol–water partition coefficient (Wildman–Crippen LogP) is 2.74. The van der Waals surface area contributed by atoms with Gasteiger partial charge < -0.3 is 10.1 Å². The van der Waals surface area contributed by atoms with Crippen LogP contribution in [0.2, 0.25) is 0 Å². The number of hydrogen-bond donors (Lipinski definition) is 2. The predicted molar refractivity (Wildman–Crippen MR) is 89.8 cm³/mol. The molecule has 1 saturated carbocycles. The van der Waals surface area contributed by atoms with Gasteiger partial charge in [0.25, 0.3) is 5.91 Å². The summed E-state index contributed by atoms with van der Waals surface area (Å²) in [4.78, 5) is 34.6. The summed E-state index contributed by atoms with van der Waals surface area (Å²) in [5, 5.41) is 4.50. The lowest BCUT2D eigenvalue weighted by Gasteiger charge is -2.21. The first kappa shape index (κ1) is 18.0. The minimum Gasteiger partial charge on any atom is -0.452 e. The summed E-state index contributed by atoms with van der Waals surface area (Å²) >= 11 is 0. The van der Waals surface area contributed by atoms with E-state index in [1.807, 2.05) is 12.1 Å². The summed E-state index contributed by atoms with van der Waals surface area (Å²) in [6.07, 6.45) is 6.22. The fourth-order valence-electron chi connectivity index (χ4n) is 2.91. The van der Waals surface area contributed by atoms with Crippen molar-refractivity contribution in [1.82, 2.24) is 10.6 Å². The second-order valence-corrected chi connectivity index (χ2v) is 5.94. The lowest BCUT2D eigenvalue weighted by molar-refractivity contribution is -0.123. The van der Waals surface area contributed by atoms with Crippen LogP contribution in [0.5, 0.6) is 0 Å². The maximum absolute atomic E-state index is 11.9. The van der Waals surface area contributed by atoms with E-state index in [2.05, 4.69) is 10.6 Å². The van der Waals surface area contributed by atoms with Gasteiger partial charge in [-0.3, -0.25) is 10.1 Å². The van der Waals surface area contributed by atoms with Crippen LogP contribution in [0.1, 0.15) is 60.9 Å². The minimum absolute atomic E-state index is 0.403. The standard InChI is InChI=1S/C18H24N2O4/c1-2-19-18(23)20-16(21)12-24-17(22)15-10-8-14(9-11-15)13-6-4-3-5-7-13/h8-11,13H,2-7,12H2,1H3,(H2,19,20,21,23). The molecule has 2 N–H and O–H groups in total. The largest absolute Gasteiger partial charge is 0.452 e. The van der Waals surface area contributed by atoms with Crippen molar-refractivity contribution in [2.24, 2.45) is 0 Å². The number of nitrogens with one attached hydrogen (secondary N) is 2. The number of urea groups is 1. The highest BCUT2D eigenvalue weighted by Crippen LogP contribution is 2.32. The maximum Gasteiger partial charge on any atom is 0.338 e. The van der Waals surface area contributed by atoms with Crippen LogP contribution >= 0.6 is 0 Å². The average Bonchev–Trinajstić information content (AvgIpc) is 2.61. The highest BCUT2D eigenvalue weighted by atomic mass is 16.5. The Labute approximate surface area is 142 Å². The molecule has 0 radical (unpaired) electrons. The Balaban J connectivity index is 1.81. The first-order valence-electron chi connectivity index (χ1n) is 8.45. The van der Waals surface area contributed by atoms with Crippen LogP contribution in [-0.4, -0.2) is 31.1 Å². The Hall–Kier alpha value is -2.37. The molecular formula is C18H24N2O4. The molecule has 1 aromatic rings. The second-order valence-electron chi connectivity index (χ2n) is 5.94. The number of ether oxygens (including phenoxy) is 1. The Morgan fingerprint density at radius 1 is 1.08 bits per heavy atom. The lowest BCUT2D eigenvalue weighted by Crippen LogP contribution is -2.41. The van der Waals surface area contributed by atoms with Gasteiger partial charge in [-0.15, -0.1) is 0 Å². The number of hydrogen-bond acceptors (Lipinski definition) is 4. The molecular weight excluding hydrogens is 308 g/mol. The average molecular weight is 332 g/mol. The third-order valence-electron chi connectivity index (χ3n) is 4.15. The van der Waals surface area contributed by atoms with Crippen LogP contribution in [0.3, 0.4) is 0 Å². The smallest absolute Gasteiger partial charge is 0.338 e. The summed E-state index contributed by atoms with van der Waals surface area (Å²) < 4.78 is 4.92. The van der Waals surface area contributed by atoms with Crippen molar-refractivity contribution >= 4 is 17.9 Å². The molecule has 0 heterocycles. The highest BCUT2D eigenvalue weighted by Gasteiger charge is 2.17. The van der Waals surface area contributed by atoms with E-state index in [-0.39, 0.29) is 0 Å². The first-order valence-corrected chi connectivity index (χ1v) is 8.45. The summed E-state index contributed by atoms with van der Waals surface area (Å²) in [6, 6.07) is 6.78. The van der Waals surface area contributed by atoms with Gasteiger partial charge in [-0.05, 0) is 43.4 Å². The molecule has 2 rings (SSSR count). The van der Waals surface area contributed by atoms with Crippen LogP contribution in [0.25, 0.3) is 0 Å². The number of benzene rings is 1. The first-order chi connectivity index (χ1) is 11.6. The normalized spacial score (nSPS) is 14.7. The monoisotopic (exact) mass is 332 g/mol. The lowest BCUT2D eigenvalue weighted by atomic mass is 9.84. The van der Waals surface area contributed by atoms with Crippen molar-refractivity contribution in [3.8, 4) is 0 Å². The van der Waals surface area contributed by atoms with Crippen molar-refractivity contribution in [2.75, 3.05) is 13.2 Å². The molecule has 1 aromatic carbocycles. The van der Waals surface area contributed by atoms with Crippen molar-refractivity contribution in [2.45, 2.75) is 44.9 Å². The molecule has 1 aliphatic rings. The Morgan fingerprint density at radius 2 is 1.75 bits per heavy atom. The van der Waals surface area contributed by atoms with Crippen LogP contribution in [-0.2, 0) is 9.53 Å². The number of amides is 3. The van der Waals surface area contributed by atoms with Gasteiger partial charge in [-0.1, -0.05) is 31.4 Å². The van der Waals surface area contributed by atoms with Crippen LogP contribution in [0, 0.1) is 0 Å². The molecule has 130 valence electrons. The van der Waals surface area contributed by atoms with E-state index < -0.39 is 24.5 Å². The molecule has 6 heteroatoms. The summed E-state index contributed by atoms with van der Waals surface area (Å²) in [5.74, 6) is -0.656. The summed E-state index contributed by atoms with van der Waals surface area (Å²) in [7, 11) is 0. The molecule has 3 amide bonds. The molecule has 1 fully saturated rings. The van der Waals surface area contributed by atoms with Gasteiger partial charge in [-0.2, -0.15) is 0 Å². The molecule has 6 nitrogen and oxygen atoms in total. The van der Waals surface area contributed by atoms with Crippen molar-refractivity contribution in [3.05, 3.63) is 35.4 Å². The van der Waals surface area contributed by atoms with Gasteiger partial charge in [0.1, 0.15) is 0 Å². The molecule has 0 unspecified atom stereocenters. The zero-order valence-electron chi connectivity index (χ0n) is 14.0. The number of esters is 1. The van der Waals surface area contributed by atoms with E-state index >= 15 is 0 Å². The number of imide groups is 1. The molecule has 0 atom stereocenters. The van der Waals surface area contributed by atoms with E-state index in [0.29, 0.717) is 18.0 Å². The van der Waals surface area contributed by atoms with E-state index in [1.54, 1.807) is 19.1 Å². The van der Waals surface area contributed by atoms with Crippen LogP contribution < -0.4 is 10.6 Å². The van der Waals surface area contributed by atoms with E-state index in [4.69, 9.17) is 4.74 Å². The number of carbonyl (C=O) groups is 3. The molecule has 0 spiro atoms.